The maximum absolute atomic E-state index is 13.4. The predicted octanol–water partition coefficient (Wildman–Crippen LogP) is 4.64. The standard InChI is InChI=1S/C23H18ClNO2/c24-23(15-17-9-3-1-4-10-17)21(26)19-13-7-8-14-20(19)25(22(23)27)16-18-11-5-2-6-12-18/h1-14H,15-16H2/t23-/m1/s1. The Labute approximate surface area is 163 Å². The lowest BCUT2D eigenvalue weighted by molar-refractivity contribution is -0.120. The number of halogens is 1. The van der Waals surface area contributed by atoms with Crippen LogP contribution in [0.25, 0.3) is 0 Å². The van der Waals surface area contributed by atoms with Gasteiger partial charge in [0.15, 0.2) is 10.7 Å². The second-order valence-corrected chi connectivity index (χ2v) is 7.33. The van der Waals surface area contributed by atoms with Crippen molar-refractivity contribution >= 4 is 29.0 Å². The second-order valence-electron chi connectivity index (χ2n) is 6.69. The number of para-hydroxylation sites is 1. The molecule has 134 valence electrons. The van der Waals surface area contributed by atoms with Crippen molar-refractivity contribution in [3.05, 3.63) is 102 Å². The fraction of sp³-hybridized carbons (Fsp3) is 0.130. The van der Waals surface area contributed by atoms with Crippen LogP contribution in [-0.4, -0.2) is 16.6 Å². The predicted molar refractivity (Wildman–Crippen MR) is 107 cm³/mol. The number of anilines is 1. The molecule has 0 fully saturated rings. The summed E-state index contributed by atoms with van der Waals surface area (Å²) in [6.45, 7) is 0.368. The molecule has 1 atom stereocenters. The average molecular weight is 376 g/mol. The van der Waals surface area contributed by atoms with Crippen LogP contribution in [0.4, 0.5) is 5.69 Å². The highest BCUT2D eigenvalue weighted by Gasteiger charge is 2.51. The van der Waals surface area contributed by atoms with Crippen LogP contribution < -0.4 is 4.90 Å². The van der Waals surface area contributed by atoms with Crippen molar-refractivity contribution in [2.24, 2.45) is 0 Å². The molecule has 1 aliphatic rings. The van der Waals surface area contributed by atoms with Gasteiger partial charge in [-0.3, -0.25) is 9.59 Å². The van der Waals surface area contributed by atoms with Gasteiger partial charge in [0.05, 0.1) is 12.2 Å². The number of amides is 1. The normalized spacial score (nSPS) is 19.1. The van der Waals surface area contributed by atoms with E-state index in [9.17, 15) is 9.59 Å². The molecule has 1 amide bonds. The van der Waals surface area contributed by atoms with E-state index in [0.29, 0.717) is 17.8 Å². The average Bonchev–Trinajstić information content (AvgIpc) is 2.71. The highest BCUT2D eigenvalue weighted by molar-refractivity contribution is 6.52. The first-order chi connectivity index (χ1) is 13.1. The smallest absolute Gasteiger partial charge is 0.256 e. The molecule has 0 radical (unpaired) electrons. The zero-order valence-electron chi connectivity index (χ0n) is 14.6. The summed E-state index contributed by atoms with van der Waals surface area (Å²) in [6.07, 6.45) is 0.159. The molecule has 0 saturated heterocycles. The van der Waals surface area contributed by atoms with E-state index in [-0.39, 0.29) is 18.1 Å². The summed E-state index contributed by atoms with van der Waals surface area (Å²) in [5.74, 6) is -0.710. The minimum absolute atomic E-state index is 0.159. The van der Waals surface area contributed by atoms with Crippen molar-refractivity contribution in [3.63, 3.8) is 0 Å². The summed E-state index contributed by atoms with van der Waals surface area (Å²) in [4.78, 5) is 26.6. The number of rotatable bonds is 4. The molecule has 1 aliphatic heterocycles. The molecule has 0 aromatic heterocycles. The van der Waals surface area contributed by atoms with Crippen molar-refractivity contribution in [2.45, 2.75) is 17.8 Å². The molecule has 0 bridgehead atoms. The molecule has 4 heteroatoms. The van der Waals surface area contributed by atoms with Crippen LogP contribution >= 0.6 is 11.6 Å². The van der Waals surface area contributed by atoms with Crippen LogP contribution in [0.1, 0.15) is 21.5 Å². The Hall–Kier alpha value is -2.91. The van der Waals surface area contributed by atoms with Gasteiger partial charge in [-0.05, 0) is 23.3 Å². The van der Waals surface area contributed by atoms with Gasteiger partial charge in [-0.1, -0.05) is 84.4 Å². The first kappa shape index (κ1) is 17.5. The van der Waals surface area contributed by atoms with E-state index in [1.807, 2.05) is 66.7 Å². The van der Waals surface area contributed by atoms with Gasteiger partial charge in [0, 0.05) is 12.0 Å². The Kier molecular flexibility index (Phi) is 4.54. The fourth-order valence-electron chi connectivity index (χ4n) is 3.49. The molecular weight excluding hydrogens is 358 g/mol. The number of hydrogen-bond acceptors (Lipinski definition) is 2. The summed E-state index contributed by atoms with van der Waals surface area (Å²) in [5.41, 5.74) is 2.93. The Morgan fingerprint density at radius 3 is 1.96 bits per heavy atom. The van der Waals surface area contributed by atoms with E-state index in [1.54, 1.807) is 23.1 Å². The molecular formula is C23H18ClNO2. The summed E-state index contributed by atoms with van der Waals surface area (Å²) in [7, 11) is 0. The quantitative estimate of drug-likeness (QED) is 0.492. The number of ketones is 1. The fourth-order valence-corrected chi connectivity index (χ4v) is 3.85. The third-order valence-corrected chi connectivity index (χ3v) is 5.32. The van der Waals surface area contributed by atoms with Crippen molar-refractivity contribution < 1.29 is 9.59 Å². The molecule has 4 rings (SSSR count). The van der Waals surface area contributed by atoms with Crippen molar-refractivity contribution in [3.8, 4) is 0 Å². The number of hydrogen-bond donors (Lipinski definition) is 0. The maximum Gasteiger partial charge on any atom is 0.256 e. The van der Waals surface area contributed by atoms with Crippen molar-refractivity contribution in [1.29, 1.82) is 0 Å². The summed E-state index contributed by atoms with van der Waals surface area (Å²) in [5, 5.41) is 0. The van der Waals surface area contributed by atoms with Crippen molar-refractivity contribution in [2.75, 3.05) is 4.90 Å². The maximum atomic E-state index is 13.4. The zero-order chi connectivity index (χ0) is 18.9. The van der Waals surface area contributed by atoms with E-state index < -0.39 is 4.87 Å². The molecule has 0 N–H and O–H groups in total. The topological polar surface area (TPSA) is 37.4 Å². The van der Waals surface area contributed by atoms with Crippen LogP contribution in [-0.2, 0) is 17.8 Å². The lowest BCUT2D eigenvalue weighted by Crippen LogP contribution is -2.55. The third-order valence-electron chi connectivity index (χ3n) is 4.86. The molecule has 3 aromatic rings. The Balaban J connectivity index is 1.78. The van der Waals surface area contributed by atoms with E-state index in [2.05, 4.69) is 0 Å². The Bertz CT molecular complexity index is 988. The summed E-state index contributed by atoms with van der Waals surface area (Å²) >= 11 is 6.76. The lowest BCUT2D eigenvalue weighted by atomic mass is 9.84. The van der Waals surface area contributed by atoms with Crippen LogP contribution in [0, 0.1) is 0 Å². The SMILES string of the molecule is O=C1c2ccccc2N(Cc2ccccc2)C(=O)[C@@]1(Cl)Cc1ccccc1. The van der Waals surface area contributed by atoms with Crippen LogP contribution in [0.2, 0.25) is 0 Å². The van der Waals surface area contributed by atoms with Gasteiger partial charge < -0.3 is 4.90 Å². The lowest BCUT2D eigenvalue weighted by Gasteiger charge is -2.38. The van der Waals surface area contributed by atoms with Gasteiger partial charge in [-0.25, -0.2) is 0 Å². The number of alkyl halides is 1. The number of nitrogens with zero attached hydrogens (tertiary/aromatic N) is 1. The Morgan fingerprint density at radius 2 is 1.30 bits per heavy atom. The van der Waals surface area contributed by atoms with Crippen LogP contribution in [0.15, 0.2) is 84.9 Å². The number of fused-ring (bicyclic) bond motifs is 1. The number of Topliss-reactive ketones (excluding diaryl/α,β-unsaturated/α-hetero) is 1. The molecule has 0 aliphatic carbocycles. The van der Waals surface area contributed by atoms with Gasteiger partial charge >= 0.3 is 0 Å². The summed E-state index contributed by atoms with van der Waals surface area (Å²) in [6, 6.07) is 26.3. The van der Waals surface area contributed by atoms with Crippen molar-refractivity contribution in [1.82, 2.24) is 0 Å². The highest BCUT2D eigenvalue weighted by Crippen LogP contribution is 2.39. The number of carbonyl (C=O) groups is 2. The molecule has 0 spiro atoms. The van der Waals surface area contributed by atoms with Gasteiger partial charge in [0.2, 0.25) is 0 Å². The first-order valence-electron chi connectivity index (χ1n) is 8.82. The third kappa shape index (κ3) is 3.15. The number of benzene rings is 3. The minimum Gasteiger partial charge on any atom is -0.305 e. The minimum atomic E-state index is -1.63. The molecule has 0 unspecified atom stereocenters. The molecule has 3 aromatic carbocycles. The van der Waals surface area contributed by atoms with E-state index in [1.165, 1.54) is 0 Å². The number of carbonyl (C=O) groups excluding carboxylic acids is 2. The largest absolute Gasteiger partial charge is 0.305 e. The molecule has 0 saturated carbocycles. The van der Waals surface area contributed by atoms with Gasteiger partial charge in [0.1, 0.15) is 0 Å². The van der Waals surface area contributed by atoms with Gasteiger partial charge in [-0.2, -0.15) is 0 Å². The van der Waals surface area contributed by atoms with Gasteiger partial charge in [-0.15, -0.1) is 0 Å². The van der Waals surface area contributed by atoms with Crippen LogP contribution in [0.5, 0.6) is 0 Å². The zero-order valence-corrected chi connectivity index (χ0v) is 15.4. The Morgan fingerprint density at radius 1 is 0.741 bits per heavy atom. The second kappa shape index (κ2) is 7.01. The first-order valence-corrected chi connectivity index (χ1v) is 9.20. The molecule has 3 nitrogen and oxygen atoms in total. The van der Waals surface area contributed by atoms with E-state index in [4.69, 9.17) is 11.6 Å². The van der Waals surface area contributed by atoms with E-state index >= 15 is 0 Å². The highest BCUT2D eigenvalue weighted by atomic mass is 35.5. The van der Waals surface area contributed by atoms with Crippen LogP contribution in [0.3, 0.4) is 0 Å². The van der Waals surface area contributed by atoms with E-state index in [0.717, 1.165) is 11.1 Å². The molecule has 27 heavy (non-hydrogen) atoms. The molecule has 1 heterocycles. The van der Waals surface area contributed by atoms with Gasteiger partial charge in [0.25, 0.3) is 5.91 Å². The summed E-state index contributed by atoms with van der Waals surface area (Å²) < 4.78 is 0. The monoisotopic (exact) mass is 375 g/mol.